The fraction of sp³-hybridized carbons (Fsp3) is 0.346. The second kappa shape index (κ2) is 14.5. The minimum absolute atomic E-state index is 0.00791. The molecule has 16 nitrogen and oxygen atoms in total. The van der Waals surface area contributed by atoms with Crippen LogP contribution in [-0.4, -0.2) is 92.9 Å². The number of ketones is 1. The first-order chi connectivity index (χ1) is 20.0. The van der Waals surface area contributed by atoms with Gasteiger partial charge in [-0.3, -0.25) is 14.6 Å². The number of carbonyl (C=O) groups is 5. The average Bonchev–Trinajstić information content (AvgIpc) is 3.37. The van der Waals surface area contributed by atoms with Gasteiger partial charge in [-0.05, 0) is 6.07 Å². The number of fused-ring (bicyclic) bond motifs is 2. The van der Waals surface area contributed by atoms with Gasteiger partial charge in [0.1, 0.15) is 13.2 Å². The summed E-state index contributed by atoms with van der Waals surface area (Å²) in [5.41, 5.74) is 10.2. The lowest BCUT2D eigenvalue weighted by Crippen LogP contribution is -2.38. The molecule has 0 atom stereocenters. The zero-order chi connectivity index (χ0) is 30.8. The second-order valence-corrected chi connectivity index (χ2v) is 8.86. The minimum atomic E-state index is -1.32. The lowest BCUT2D eigenvalue weighted by molar-refractivity contribution is 0.0989. The van der Waals surface area contributed by atoms with Crippen LogP contribution >= 0.6 is 0 Å². The van der Waals surface area contributed by atoms with E-state index in [1.54, 1.807) is 24.3 Å². The van der Waals surface area contributed by atoms with Gasteiger partial charge >= 0.3 is 24.4 Å². The molecule has 0 fully saturated rings. The summed E-state index contributed by atoms with van der Waals surface area (Å²) in [6, 6.07) is 8.02. The summed E-state index contributed by atoms with van der Waals surface area (Å²) in [4.78, 5) is 60.9. The van der Waals surface area contributed by atoms with Crippen LogP contribution in [0.25, 0.3) is 21.7 Å². The first-order valence-corrected chi connectivity index (χ1v) is 12.8. The first-order valence-electron chi connectivity index (χ1n) is 12.8. The molecular formula is C26H32N6O10. The number of carbonyl (C=O) groups excluding carboxylic acids is 3. The number of benzene rings is 2. The van der Waals surface area contributed by atoms with Crippen LogP contribution in [0, 0.1) is 0 Å². The number of nitrogens with zero attached hydrogens (tertiary/aromatic N) is 2. The topological polar surface area (TPSA) is 240 Å². The van der Waals surface area contributed by atoms with Gasteiger partial charge in [0.15, 0.2) is 17.1 Å². The van der Waals surface area contributed by atoms with Crippen molar-refractivity contribution in [3.05, 3.63) is 36.1 Å². The number of amides is 4. The molecule has 8 N–H and O–H groups in total. The Hall–Kier alpha value is -5.09. The molecule has 226 valence electrons. The van der Waals surface area contributed by atoms with Crippen molar-refractivity contribution in [2.45, 2.75) is 6.92 Å². The molecule has 0 spiro atoms. The lowest BCUT2D eigenvalue weighted by atomic mass is 10.0. The van der Waals surface area contributed by atoms with Crippen molar-refractivity contribution < 1.29 is 48.1 Å². The number of primary amides is 2. The molecule has 2 aromatic carbocycles. The third-order valence-electron chi connectivity index (χ3n) is 6.06. The number of hydrogen-bond acceptors (Lipinski definition) is 10. The van der Waals surface area contributed by atoms with E-state index in [-0.39, 0.29) is 80.6 Å². The highest BCUT2D eigenvalue weighted by molar-refractivity contribution is 6.23. The van der Waals surface area contributed by atoms with Gasteiger partial charge in [-0.1, -0.05) is 24.3 Å². The van der Waals surface area contributed by atoms with E-state index < -0.39 is 30.2 Å². The van der Waals surface area contributed by atoms with Crippen LogP contribution in [-0.2, 0) is 9.47 Å². The second-order valence-electron chi connectivity index (χ2n) is 8.86. The van der Waals surface area contributed by atoms with Crippen LogP contribution in [0.3, 0.4) is 0 Å². The number of Topliss-reactive ketones (excluding diaryl/α,β-unsaturated/α-hetero) is 1. The maximum Gasteiger partial charge on any atom is 0.412 e. The van der Waals surface area contributed by atoms with Crippen LogP contribution in [0.15, 0.2) is 34.7 Å². The Kier molecular flexibility index (Phi) is 10.9. The van der Waals surface area contributed by atoms with Crippen molar-refractivity contribution in [1.82, 2.24) is 10.6 Å². The van der Waals surface area contributed by atoms with Gasteiger partial charge < -0.3 is 46.2 Å². The quantitative estimate of drug-likeness (QED) is 0.0850. The van der Waals surface area contributed by atoms with Crippen molar-refractivity contribution in [3.8, 4) is 0 Å². The van der Waals surface area contributed by atoms with Gasteiger partial charge in [0.25, 0.3) is 0 Å². The summed E-state index contributed by atoms with van der Waals surface area (Å²) in [6.45, 7) is 1.89. The largest absolute Gasteiger partial charge is 0.465 e. The average molecular weight is 589 g/mol. The molecule has 0 aliphatic heterocycles. The number of furan rings is 1. The van der Waals surface area contributed by atoms with Crippen LogP contribution in [0.4, 0.5) is 30.6 Å². The smallest absolute Gasteiger partial charge is 0.412 e. The number of hydrogen-bond donors (Lipinski definition) is 6. The summed E-state index contributed by atoms with van der Waals surface area (Å²) in [7, 11) is 0. The number of anilines is 2. The van der Waals surface area contributed by atoms with E-state index >= 15 is 0 Å². The van der Waals surface area contributed by atoms with Crippen molar-refractivity contribution in [2.24, 2.45) is 11.5 Å². The van der Waals surface area contributed by atoms with Gasteiger partial charge in [-0.15, -0.1) is 0 Å². The van der Waals surface area contributed by atoms with E-state index in [1.165, 1.54) is 13.0 Å². The molecule has 4 amide bonds. The van der Waals surface area contributed by atoms with Gasteiger partial charge in [-0.2, -0.15) is 0 Å². The standard InChI is InChI=1S/C26H32N6O10/c1-15(33)19-14-18-20(31(25(36)37)10-6-29-8-12-40-23(27)34)16-4-2-3-5-17(16)21(22(18)42-19)32(26(38)39)11-7-30-9-13-41-24(28)35/h2-5,14,29-30H,6-13H2,1H3,(H2,27,34)(H2,28,35)(H,36,37)(H,38,39). The van der Waals surface area contributed by atoms with Gasteiger partial charge in [0.2, 0.25) is 0 Å². The fourth-order valence-electron chi connectivity index (χ4n) is 4.32. The minimum Gasteiger partial charge on any atom is -0.465 e. The third kappa shape index (κ3) is 7.76. The normalized spacial score (nSPS) is 10.9. The Balaban J connectivity index is 2.06. The van der Waals surface area contributed by atoms with E-state index in [9.17, 15) is 34.2 Å². The van der Waals surface area contributed by atoms with Crippen LogP contribution in [0.5, 0.6) is 0 Å². The molecule has 3 rings (SSSR count). The summed E-state index contributed by atoms with van der Waals surface area (Å²) in [5.74, 6) is -0.523. The highest BCUT2D eigenvalue weighted by Gasteiger charge is 2.29. The molecule has 16 heteroatoms. The van der Waals surface area contributed by atoms with Crippen LogP contribution < -0.4 is 31.9 Å². The highest BCUT2D eigenvalue weighted by Crippen LogP contribution is 2.45. The summed E-state index contributed by atoms with van der Waals surface area (Å²) in [5, 5.41) is 27.3. The Morgan fingerprint density at radius 3 is 1.71 bits per heavy atom. The number of rotatable bonds is 15. The molecule has 0 radical (unpaired) electrons. The predicted octanol–water partition coefficient (Wildman–Crippen LogP) is 2.13. The maximum absolute atomic E-state index is 12.5. The zero-order valence-corrected chi connectivity index (χ0v) is 22.8. The van der Waals surface area contributed by atoms with E-state index in [0.717, 1.165) is 9.80 Å². The Morgan fingerprint density at radius 1 is 0.786 bits per heavy atom. The molecule has 0 unspecified atom stereocenters. The highest BCUT2D eigenvalue weighted by atomic mass is 16.5. The molecule has 0 saturated carbocycles. The van der Waals surface area contributed by atoms with Crippen molar-refractivity contribution in [1.29, 1.82) is 0 Å². The van der Waals surface area contributed by atoms with Crippen LogP contribution in [0.2, 0.25) is 0 Å². The van der Waals surface area contributed by atoms with Gasteiger partial charge in [-0.25, -0.2) is 19.2 Å². The molecule has 1 heterocycles. The van der Waals surface area contributed by atoms with E-state index in [2.05, 4.69) is 20.1 Å². The summed E-state index contributed by atoms with van der Waals surface area (Å²) >= 11 is 0. The molecule has 3 aromatic rings. The molecule has 42 heavy (non-hydrogen) atoms. The molecule has 1 aromatic heterocycles. The summed E-state index contributed by atoms with van der Waals surface area (Å²) < 4.78 is 15.2. The van der Waals surface area contributed by atoms with Crippen molar-refractivity contribution in [2.75, 3.05) is 62.3 Å². The SMILES string of the molecule is CC(=O)c1cc2c(N(CCNCCOC(N)=O)C(=O)O)c3ccccc3c(N(CCNCCOC(N)=O)C(=O)O)c2o1. The van der Waals surface area contributed by atoms with E-state index in [1.807, 2.05) is 0 Å². The van der Waals surface area contributed by atoms with Crippen LogP contribution in [0.1, 0.15) is 17.5 Å². The lowest BCUT2D eigenvalue weighted by Gasteiger charge is -2.26. The molecule has 0 aliphatic carbocycles. The maximum atomic E-state index is 12.5. The number of carboxylic acid groups (broad SMARTS) is 2. The molecule has 0 bridgehead atoms. The van der Waals surface area contributed by atoms with Crippen molar-refractivity contribution in [3.63, 3.8) is 0 Å². The van der Waals surface area contributed by atoms with E-state index in [4.69, 9.17) is 15.9 Å². The van der Waals surface area contributed by atoms with Gasteiger partial charge in [0.05, 0.1) is 11.4 Å². The predicted molar refractivity (Wildman–Crippen MR) is 151 cm³/mol. The number of nitrogens with two attached hydrogens (primary N) is 2. The molecule has 0 aliphatic rings. The Morgan fingerprint density at radius 2 is 1.26 bits per heavy atom. The first kappa shape index (κ1) is 31.4. The third-order valence-corrected chi connectivity index (χ3v) is 6.06. The van der Waals surface area contributed by atoms with E-state index in [0.29, 0.717) is 10.8 Å². The van der Waals surface area contributed by atoms with Gasteiger partial charge in [0, 0.05) is 62.4 Å². The number of ether oxygens (including phenoxy) is 2. The monoisotopic (exact) mass is 588 g/mol. The number of nitrogens with one attached hydrogen (secondary N) is 2. The Labute approximate surface area is 239 Å². The summed E-state index contributed by atoms with van der Waals surface area (Å²) in [6.07, 6.45) is -4.47. The fourth-order valence-corrected chi connectivity index (χ4v) is 4.32. The van der Waals surface area contributed by atoms with Crippen molar-refractivity contribution >= 4 is 63.3 Å². The Bertz CT molecular complexity index is 1370. The zero-order valence-electron chi connectivity index (χ0n) is 22.8. The molecular weight excluding hydrogens is 556 g/mol. The molecule has 0 saturated heterocycles.